The van der Waals surface area contributed by atoms with E-state index in [-0.39, 0.29) is 30.0 Å². The molecule has 32 heavy (non-hydrogen) atoms. The maximum atomic E-state index is 12.9. The molecule has 0 saturated carbocycles. The lowest BCUT2D eigenvalue weighted by Gasteiger charge is -2.33. The van der Waals surface area contributed by atoms with Crippen molar-refractivity contribution < 1.29 is 13.2 Å². The Kier molecular flexibility index (Phi) is 10.2. The summed E-state index contributed by atoms with van der Waals surface area (Å²) in [6.07, 6.45) is -0.709. The molecule has 2 heterocycles. The first kappa shape index (κ1) is 26.4. The zero-order chi connectivity index (χ0) is 22.3. The molecule has 0 radical (unpaired) electrons. The molecule has 0 bridgehead atoms. The fraction of sp³-hybridized carbons (Fsp3) is 0.478. The summed E-state index contributed by atoms with van der Waals surface area (Å²) in [4.78, 5) is 11.3. The third kappa shape index (κ3) is 7.91. The minimum atomic E-state index is -4.30. The zero-order valence-electron chi connectivity index (χ0n) is 18.5. The van der Waals surface area contributed by atoms with Gasteiger partial charge in [0.2, 0.25) is 0 Å². The van der Waals surface area contributed by atoms with Gasteiger partial charge in [0.05, 0.1) is 17.8 Å². The van der Waals surface area contributed by atoms with E-state index in [0.717, 1.165) is 55.8 Å². The standard InChI is InChI=1S/C23H30F3N5.HI/c1-3-27-22(29-15-21-17(2)6-5-11-28-21)30-20-9-12-31(13-10-20)16-18-7-4-8-19(14-18)23(24,25)26;/h4-8,11,14,20H,3,9-10,12-13,15-16H2,1-2H3,(H2,27,29,30);1H. The monoisotopic (exact) mass is 561 g/mol. The molecule has 0 unspecified atom stereocenters. The number of nitrogens with one attached hydrogen (secondary N) is 2. The Hall–Kier alpha value is -1.88. The molecule has 1 aromatic carbocycles. The van der Waals surface area contributed by atoms with Crippen LogP contribution >= 0.6 is 24.0 Å². The van der Waals surface area contributed by atoms with Crippen molar-refractivity contribution in [1.29, 1.82) is 0 Å². The van der Waals surface area contributed by atoms with Gasteiger partial charge in [0.1, 0.15) is 0 Å². The molecular formula is C23H31F3IN5. The van der Waals surface area contributed by atoms with Crippen molar-refractivity contribution in [2.75, 3.05) is 19.6 Å². The van der Waals surface area contributed by atoms with Crippen LogP contribution in [0.25, 0.3) is 0 Å². The van der Waals surface area contributed by atoms with E-state index < -0.39 is 11.7 Å². The summed E-state index contributed by atoms with van der Waals surface area (Å²) in [6, 6.07) is 9.83. The lowest BCUT2D eigenvalue weighted by atomic mass is 10.0. The Bertz CT molecular complexity index is 880. The largest absolute Gasteiger partial charge is 0.416 e. The molecule has 1 saturated heterocycles. The molecule has 1 aliphatic rings. The van der Waals surface area contributed by atoms with Crippen molar-refractivity contribution in [2.24, 2.45) is 4.99 Å². The highest BCUT2D eigenvalue weighted by Gasteiger charge is 2.30. The van der Waals surface area contributed by atoms with E-state index in [2.05, 4.69) is 25.5 Å². The van der Waals surface area contributed by atoms with Crippen LogP contribution in [0.4, 0.5) is 13.2 Å². The van der Waals surface area contributed by atoms with Crippen molar-refractivity contribution >= 4 is 29.9 Å². The summed E-state index contributed by atoms with van der Waals surface area (Å²) in [7, 11) is 0. The molecule has 1 aliphatic heterocycles. The van der Waals surface area contributed by atoms with E-state index in [1.54, 1.807) is 12.3 Å². The molecule has 5 nitrogen and oxygen atoms in total. The average Bonchev–Trinajstić information content (AvgIpc) is 2.74. The summed E-state index contributed by atoms with van der Waals surface area (Å²) in [6.45, 7) is 7.51. The summed E-state index contributed by atoms with van der Waals surface area (Å²) in [5, 5.41) is 6.78. The van der Waals surface area contributed by atoms with E-state index in [1.165, 1.54) is 12.1 Å². The van der Waals surface area contributed by atoms with Crippen LogP contribution in [0.2, 0.25) is 0 Å². The first-order chi connectivity index (χ1) is 14.8. The highest BCUT2D eigenvalue weighted by atomic mass is 127. The Balaban J connectivity index is 0.00000363. The molecule has 3 rings (SSSR count). The number of piperidine rings is 1. The first-order valence-electron chi connectivity index (χ1n) is 10.7. The van der Waals surface area contributed by atoms with Gasteiger partial charge in [0, 0.05) is 38.4 Å². The van der Waals surface area contributed by atoms with Crippen LogP contribution in [0.3, 0.4) is 0 Å². The number of alkyl halides is 3. The Labute approximate surface area is 204 Å². The molecule has 0 atom stereocenters. The van der Waals surface area contributed by atoms with Crippen LogP contribution in [0, 0.1) is 6.92 Å². The highest BCUT2D eigenvalue weighted by molar-refractivity contribution is 14.0. The number of rotatable bonds is 6. The number of aryl methyl sites for hydroxylation is 1. The normalized spacial score (nSPS) is 15.8. The van der Waals surface area contributed by atoms with Crippen LogP contribution < -0.4 is 10.6 Å². The lowest BCUT2D eigenvalue weighted by molar-refractivity contribution is -0.137. The van der Waals surface area contributed by atoms with Crippen molar-refractivity contribution in [3.8, 4) is 0 Å². The minimum Gasteiger partial charge on any atom is -0.357 e. The molecule has 2 N–H and O–H groups in total. The maximum Gasteiger partial charge on any atom is 0.416 e. The summed E-state index contributed by atoms with van der Waals surface area (Å²) >= 11 is 0. The molecule has 176 valence electrons. The second-order valence-electron chi connectivity index (χ2n) is 7.86. The number of hydrogen-bond donors (Lipinski definition) is 2. The Morgan fingerprint density at radius 3 is 2.59 bits per heavy atom. The number of hydrogen-bond acceptors (Lipinski definition) is 3. The minimum absolute atomic E-state index is 0. The Morgan fingerprint density at radius 1 is 1.19 bits per heavy atom. The topological polar surface area (TPSA) is 52.6 Å². The fourth-order valence-electron chi connectivity index (χ4n) is 3.69. The van der Waals surface area contributed by atoms with Gasteiger partial charge in [0.25, 0.3) is 0 Å². The molecule has 1 aromatic heterocycles. The van der Waals surface area contributed by atoms with E-state index in [9.17, 15) is 13.2 Å². The van der Waals surface area contributed by atoms with Gasteiger partial charge in [0.15, 0.2) is 5.96 Å². The summed E-state index contributed by atoms with van der Waals surface area (Å²) < 4.78 is 38.8. The van der Waals surface area contributed by atoms with Crippen LogP contribution in [0.15, 0.2) is 47.6 Å². The number of pyridine rings is 1. The van der Waals surface area contributed by atoms with Gasteiger partial charge in [-0.15, -0.1) is 24.0 Å². The van der Waals surface area contributed by atoms with Crippen LogP contribution in [-0.4, -0.2) is 41.5 Å². The van der Waals surface area contributed by atoms with Gasteiger partial charge >= 0.3 is 6.18 Å². The molecule has 0 spiro atoms. The van der Waals surface area contributed by atoms with Crippen molar-refractivity contribution in [1.82, 2.24) is 20.5 Å². The van der Waals surface area contributed by atoms with E-state index in [1.807, 2.05) is 26.0 Å². The van der Waals surface area contributed by atoms with Gasteiger partial charge in [-0.3, -0.25) is 9.88 Å². The molecule has 9 heteroatoms. The number of aromatic nitrogens is 1. The highest BCUT2D eigenvalue weighted by Crippen LogP contribution is 2.30. The second-order valence-corrected chi connectivity index (χ2v) is 7.86. The first-order valence-corrected chi connectivity index (χ1v) is 10.7. The van der Waals surface area contributed by atoms with Gasteiger partial charge in [-0.05, 0) is 49.9 Å². The summed E-state index contributed by atoms with van der Waals surface area (Å²) in [5.74, 6) is 0.767. The second kappa shape index (κ2) is 12.4. The number of guanidine groups is 1. The number of benzene rings is 1. The molecule has 0 amide bonds. The van der Waals surface area contributed by atoms with Crippen LogP contribution in [0.5, 0.6) is 0 Å². The zero-order valence-corrected chi connectivity index (χ0v) is 20.8. The van der Waals surface area contributed by atoms with Gasteiger partial charge in [-0.25, -0.2) is 4.99 Å². The van der Waals surface area contributed by atoms with Crippen LogP contribution in [0.1, 0.15) is 42.1 Å². The number of aliphatic imine (C=N–C) groups is 1. The third-order valence-corrected chi connectivity index (χ3v) is 5.44. The van der Waals surface area contributed by atoms with Gasteiger partial charge < -0.3 is 10.6 Å². The van der Waals surface area contributed by atoms with Gasteiger partial charge in [-0.1, -0.05) is 24.3 Å². The Morgan fingerprint density at radius 2 is 1.94 bits per heavy atom. The van der Waals surface area contributed by atoms with Gasteiger partial charge in [-0.2, -0.15) is 13.2 Å². The summed E-state index contributed by atoms with van der Waals surface area (Å²) in [5.41, 5.74) is 2.18. The third-order valence-electron chi connectivity index (χ3n) is 5.44. The SMILES string of the molecule is CCNC(=NCc1ncccc1C)NC1CCN(Cc2cccc(C(F)(F)F)c2)CC1.I. The molecule has 1 fully saturated rings. The maximum absolute atomic E-state index is 12.9. The van der Waals surface area contributed by atoms with E-state index in [0.29, 0.717) is 18.7 Å². The predicted molar refractivity (Wildman–Crippen MR) is 132 cm³/mol. The molecule has 0 aliphatic carbocycles. The number of halogens is 4. The fourth-order valence-corrected chi connectivity index (χ4v) is 3.69. The van der Waals surface area contributed by atoms with Crippen molar-refractivity contribution in [2.45, 2.75) is 52.0 Å². The lowest BCUT2D eigenvalue weighted by Crippen LogP contribution is -2.48. The molecular weight excluding hydrogens is 530 g/mol. The average molecular weight is 561 g/mol. The number of nitrogens with zero attached hydrogens (tertiary/aromatic N) is 3. The molecule has 2 aromatic rings. The quantitative estimate of drug-likeness (QED) is 0.304. The van der Waals surface area contributed by atoms with E-state index >= 15 is 0 Å². The predicted octanol–water partition coefficient (Wildman–Crippen LogP) is 4.75. The van der Waals surface area contributed by atoms with Crippen molar-refractivity contribution in [3.05, 3.63) is 65.0 Å². The van der Waals surface area contributed by atoms with Crippen LogP contribution in [-0.2, 0) is 19.3 Å². The van der Waals surface area contributed by atoms with Crippen molar-refractivity contribution in [3.63, 3.8) is 0 Å². The van der Waals surface area contributed by atoms with E-state index in [4.69, 9.17) is 0 Å². The number of likely N-dealkylation sites (tertiary alicyclic amines) is 1. The smallest absolute Gasteiger partial charge is 0.357 e.